The average molecular weight is 350 g/mol. The summed E-state index contributed by atoms with van der Waals surface area (Å²) in [5.41, 5.74) is 7.24. The van der Waals surface area contributed by atoms with Crippen molar-refractivity contribution in [1.82, 2.24) is 5.32 Å². The molecule has 0 spiro atoms. The van der Waals surface area contributed by atoms with Crippen LogP contribution in [0.1, 0.15) is 29.3 Å². The lowest BCUT2D eigenvalue weighted by Gasteiger charge is -2.07. The van der Waals surface area contributed by atoms with E-state index >= 15 is 0 Å². The Morgan fingerprint density at radius 2 is 1.88 bits per heavy atom. The van der Waals surface area contributed by atoms with Crippen molar-refractivity contribution in [3.63, 3.8) is 0 Å². The number of amides is 1. The van der Waals surface area contributed by atoms with Gasteiger partial charge in [-0.25, -0.2) is 4.79 Å². The Morgan fingerprint density at radius 3 is 2.46 bits per heavy atom. The molecule has 130 valence electrons. The van der Waals surface area contributed by atoms with E-state index in [1.165, 1.54) is 0 Å². The largest absolute Gasteiger partial charge is 0.460 e. The third-order valence-electron chi connectivity index (χ3n) is 3.02. The second-order valence-corrected chi connectivity index (χ2v) is 5.59. The number of thiocarbonyl (C=S) groups is 1. The van der Waals surface area contributed by atoms with Crippen molar-refractivity contribution in [3.8, 4) is 0 Å². The maximum Gasteiger partial charge on any atom is 0.333 e. The molecule has 0 unspecified atom stereocenters. The summed E-state index contributed by atoms with van der Waals surface area (Å²) in [6, 6.07) is 7.20. The molecule has 1 aromatic rings. The molecule has 1 aromatic carbocycles. The fraction of sp³-hybridized carbons (Fsp3) is 0.353. The molecule has 0 fully saturated rings. The van der Waals surface area contributed by atoms with E-state index in [1.54, 1.807) is 19.1 Å². The van der Waals surface area contributed by atoms with Gasteiger partial charge in [0.05, 0.1) is 6.61 Å². The number of nitrogens with one attached hydrogen (secondary N) is 1. The minimum absolute atomic E-state index is 0.0462. The predicted octanol–water partition coefficient (Wildman–Crippen LogP) is 1.73. The third-order valence-corrected chi connectivity index (χ3v) is 3.12. The van der Waals surface area contributed by atoms with Gasteiger partial charge in [0.1, 0.15) is 6.61 Å². The Labute approximate surface area is 147 Å². The van der Waals surface area contributed by atoms with Gasteiger partial charge in [0.25, 0.3) is 5.91 Å². The van der Waals surface area contributed by atoms with Crippen LogP contribution in [0.2, 0.25) is 0 Å². The zero-order valence-electron chi connectivity index (χ0n) is 13.7. The summed E-state index contributed by atoms with van der Waals surface area (Å²) < 4.78 is 10.3. The van der Waals surface area contributed by atoms with Crippen molar-refractivity contribution in [2.45, 2.75) is 19.8 Å². The van der Waals surface area contributed by atoms with Crippen molar-refractivity contribution in [2.75, 3.05) is 19.8 Å². The van der Waals surface area contributed by atoms with Crippen molar-refractivity contribution >= 4 is 29.2 Å². The Bertz CT molecular complexity index is 599. The van der Waals surface area contributed by atoms with E-state index in [0.717, 1.165) is 18.4 Å². The highest BCUT2D eigenvalue weighted by molar-refractivity contribution is 7.80. The van der Waals surface area contributed by atoms with E-state index in [0.29, 0.717) is 24.4 Å². The van der Waals surface area contributed by atoms with Crippen LogP contribution in [-0.2, 0) is 20.7 Å². The molecule has 0 saturated carbocycles. The van der Waals surface area contributed by atoms with Crippen LogP contribution in [0.15, 0.2) is 36.4 Å². The van der Waals surface area contributed by atoms with Crippen LogP contribution >= 0.6 is 12.2 Å². The first-order chi connectivity index (χ1) is 11.4. The van der Waals surface area contributed by atoms with Crippen LogP contribution in [0, 0.1) is 0 Å². The molecule has 0 radical (unpaired) electrons. The van der Waals surface area contributed by atoms with Crippen LogP contribution in [-0.4, -0.2) is 36.8 Å². The highest BCUT2D eigenvalue weighted by Crippen LogP contribution is 2.07. The molecule has 0 aliphatic carbocycles. The zero-order chi connectivity index (χ0) is 17.9. The number of hydrogen-bond donors (Lipinski definition) is 2. The molecular weight excluding hydrogens is 328 g/mol. The summed E-state index contributed by atoms with van der Waals surface area (Å²) in [6.45, 7) is 6.24. The molecule has 0 heterocycles. The first-order valence-electron chi connectivity index (χ1n) is 7.50. The minimum atomic E-state index is -0.405. The molecule has 6 nitrogen and oxygen atoms in total. The van der Waals surface area contributed by atoms with E-state index in [-0.39, 0.29) is 17.6 Å². The lowest BCUT2D eigenvalue weighted by molar-refractivity contribution is -0.140. The maximum absolute atomic E-state index is 11.7. The molecule has 0 aromatic heterocycles. The molecule has 0 saturated heterocycles. The molecule has 24 heavy (non-hydrogen) atoms. The predicted molar refractivity (Wildman–Crippen MR) is 95.6 cm³/mol. The average Bonchev–Trinajstić information content (AvgIpc) is 2.53. The number of hydrogen-bond acceptors (Lipinski definition) is 5. The second-order valence-electron chi connectivity index (χ2n) is 5.15. The van der Waals surface area contributed by atoms with Gasteiger partial charge in [-0.1, -0.05) is 18.7 Å². The topological polar surface area (TPSA) is 90.6 Å². The standard InChI is InChI=1S/C17H22N2O4S/c1-12(2)16(21)23-11-10-22-9-3-4-13-5-7-14(8-6-13)15(20)19-17(18)24/h5-8H,1,3-4,9-11H2,2H3,(H3,18,19,20,24). The monoisotopic (exact) mass is 350 g/mol. The fourth-order valence-electron chi connectivity index (χ4n) is 1.80. The summed E-state index contributed by atoms with van der Waals surface area (Å²) in [4.78, 5) is 22.8. The van der Waals surface area contributed by atoms with Gasteiger partial charge in [-0.15, -0.1) is 0 Å². The highest BCUT2D eigenvalue weighted by Gasteiger charge is 2.06. The second kappa shape index (κ2) is 10.5. The number of esters is 1. The molecule has 1 amide bonds. The zero-order valence-corrected chi connectivity index (χ0v) is 14.5. The van der Waals surface area contributed by atoms with Crippen molar-refractivity contribution in [1.29, 1.82) is 0 Å². The third kappa shape index (κ3) is 7.85. The quantitative estimate of drug-likeness (QED) is 0.305. The maximum atomic E-state index is 11.7. The molecular formula is C17H22N2O4S. The molecule has 7 heteroatoms. The number of ether oxygens (including phenoxy) is 2. The Hall–Kier alpha value is -2.25. The number of rotatable bonds is 9. The van der Waals surface area contributed by atoms with Crippen LogP contribution in [0.3, 0.4) is 0 Å². The number of carbonyl (C=O) groups excluding carboxylic acids is 2. The van der Waals surface area contributed by atoms with Crippen LogP contribution in [0.4, 0.5) is 0 Å². The lowest BCUT2D eigenvalue weighted by Crippen LogP contribution is -2.34. The van der Waals surface area contributed by atoms with E-state index in [9.17, 15) is 9.59 Å². The van der Waals surface area contributed by atoms with E-state index in [4.69, 9.17) is 15.2 Å². The van der Waals surface area contributed by atoms with Gasteiger partial charge >= 0.3 is 5.97 Å². The highest BCUT2D eigenvalue weighted by atomic mass is 32.1. The first-order valence-corrected chi connectivity index (χ1v) is 7.91. The number of carbonyl (C=O) groups is 2. The Morgan fingerprint density at radius 1 is 1.21 bits per heavy atom. The van der Waals surface area contributed by atoms with Crippen molar-refractivity contribution in [2.24, 2.45) is 5.73 Å². The summed E-state index contributed by atoms with van der Waals surface area (Å²) in [7, 11) is 0. The van der Waals surface area contributed by atoms with Gasteiger partial charge in [-0.2, -0.15) is 0 Å². The Balaban J connectivity index is 2.19. The van der Waals surface area contributed by atoms with Crippen LogP contribution in [0.25, 0.3) is 0 Å². The lowest BCUT2D eigenvalue weighted by atomic mass is 10.1. The summed E-state index contributed by atoms with van der Waals surface area (Å²) in [5.74, 6) is -0.722. The van der Waals surface area contributed by atoms with Crippen LogP contribution < -0.4 is 11.1 Å². The van der Waals surface area contributed by atoms with Gasteiger partial charge in [-0.05, 0) is 49.7 Å². The van der Waals surface area contributed by atoms with Crippen LogP contribution in [0.5, 0.6) is 0 Å². The number of benzene rings is 1. The van der Waals surface area contributed by atoms with E-state index in [2.05, 4.69) is 24.1 Å². The number of aryl methyl sites for hydroxylation is 1. The summed E-state index contributed by atoms with van der Waals surface area (Å²) in [6.07, 6.45) is 1.65. The SMILES string of the molecule is C=C(C)C(=O)OCCOCCCc1ccc(C(=O)NC(N)=S)cc1. The molecule has 1 rings (SSSR count). The molecule has 0 bridgehead atoms. The van der Waals surface area contributed by atoms with Crippen molar-refractivity contribution in [3.05, 3.63) is 47.5 Å². The van der Waals surface area contributed by atoms with Gasteiger partial charge < -0.3 is 15.2 Å². The van der Waals surface area contributed by atoms with Gasteiger partial charge in [0, 0.05) is 17.7 Å². The van der Waals surface area contributed by atoms with Crippen molar-refractivity contribution < 1.29 is 19.1 Å². The molecule has 0 aliphatic heterocycles. The normalized spacial score (nSPS) is 10.0. The molecule has 3 N–H and O–H groups in total. The van der Waals surface area contributed by atoms with Gasteiger partial charge in [0.15, 0.2) is 5.11 Å². The molecule has 0 aliphatic rings. The van der Waals surface area contributed by atoms with E-state index in [1.807, 2.05) is 12.1 Å². The number of nitrogens with two attached hydrogens (primary N) is 1. The summed E-state index contributed by atoms with van der Waals surface area (Å²) >= 11 is 4.63. The smallest absolute Gasteiger partial charge is 0.333 e. The fourth-order valence-corrected chi connectivity index (χ4v) is 1.90. The van der Waals surface area contributed by atoms with E-state index < -0.39 is 5.97 Å². The van der Waals surface area contributed by atoms with Gasteiger partial charge in [-0.3, -0.25) is 10.1 Å². The first kappa shape index (κ1) is 19.8. The van der Waals surface area contributed by atoms with Gasteiger partial charge in [0.2, 0.25) is 0 Å². The molecule has 0 atom stereocenters. The Kier molecular flexibility index (Phi) is 8.67. The minimum Gasteiger partial charge on any atom is -0.460 e. The summed E-state index contributed by atoms with van der Waals surface area (Å²) in [5, 5.41) is 2.33.